The maximum atomic E-state index is 13.0. The summed E-state index contributed by atoms with van der Waals surface area (Å²) in [6, 6.07) is 6.71. The number of ketones is 1. The second-order valence-corrected chi connectivity index (χ2v) is 11.2. The van der Waals surface area contributed by atoms with Crippen molar-refractivity contribution in [3.8, 4) is 0 Å². The van der Waals surface area contributed by atoms with Gasteiger partial charge in [0.05, 0.1) is 18.9 Å². The first-order chi connectivity index (χ1) is 15.0. The molecular weight excluding hydrogens is 472 g/mol. The Balaban J connectivity index is 1.68. The van der Waals surface area contributed by atoms with E-state index in [2.05, 4.69) is 31.8 Å². The minimum atomic E-state index is -0.779. The molecule has 0 atom stereocenters. The number of hydrogen-bond acceptors (Lipinski definition) is 6. The Labute approximate surface area is 200 Å². The van der Waals surface area contributed by atoms with E-state index in [1.807, 2.05) is 46.8 Å². The van der Waals surface area contributed by atoms with Gasteiger partial charge in [0.1, 0.15) is 12.0 Å². The third-order valence-corrected chi connectivity index (χ3v) is 7.13. The summed E-state index contributed by atoms with van der Waals surface area (Å²) in [7, 11) is 0. The van der Waals surface area contributed by atoms with Crippen molar-refractivity contribution in [2.24, 2.45) is 0 Å². The van der Waals surface area contributed by atoms with Crippen LogP contribution in [0.15, 0.2) is 22.7 Å². The molecule has 32 heavy (non-hydrogen) atoms. The lowest BCUT2D eigenvalue weighted by Crippen LogP contribution is -2.49. The highest BCUT2D eigenvalue weighted by Crippen LogP contribution is 2.35. The molecule has 2 fully saturated rings. The van der Waals surface area contributed by atoms with Crippen LogP contribution in [0.25, 0.3) is 0 Å². The monoisotopic (exact) mass is 508 g/mol. The van der Waals surface area contributed by atoms with Gasteiger partial charge in [-0.2, -0.15) is 0 Å². The molecule has 2 saturated heterocycles. The Kier molecular flexibility index (Phi) is 8.05. The SMILES string of the molecule is CC(C)(C)OC(=O)CC(=O)C(C)(C)c1ccc(Br)c(N2CCC(N3CCOCC3)CC2)c1. The van der Waals surface area contributed by atoms with Crippen molar-refractivity contribution < 1.29 is 19.1 Å². The molecular formula is C25H37BrN2O4. The largest absolute Gasteiger partial charge is 0.460 e. The van der Waals surface area contributed by atoms with E-state index < -0.39 is 17.0 Å². The van der Waals surface area contributed by atoms with Crippen LogP contribution in [0, 0.1) is 0 Å². The van der Waals surface area contributed by atoms with Crippen LogP contribution in [0.2, 0.25) is 0 Å². The highest BCUT2D eigenvalue weighted by atomic mass is 79.9. The Morgan fingerprint density at radius 1 is 1.06 bits per heavy atom. The van der Waals surface area contributed by atoms with Crippen LogP contribution in [0.5, 0.6) is 0 Å². The topological polar surface area (TPSA) is 59.1 Å². The molecule has 0 spiro atoms. The minimum absolute atomic E-state index is 0.133. The third-order valence-electron chi connectivity index (χ3n) is 6.46. The van der Waals surface area contributed by atoms with Crippen molar-refractivity contribution in [1.29, 1.82) is 0 Å². The molecule has 3 rings (SSSR count). The van der Waals surface area contributed by atoms with Crippen LogP contribution in [0.1, 0.15) is 59.4 Å². The van der Waals surface area contributed by atoms with Gasteiger partial charge in [0.2, 0.25) is 0 Å². The summed E-state index contributed by atoms with van der Waals surface area (Å²) >= 11 is 3.71. The van der Waals surface area contributed by atoms with Crippen LogP contribution in [-0.2, 0) is 24.5 Å². The molecule has 0 N–H and O–H groups in total. The first-order valence-electron chi connectivity index (χ1n) is 11.6. The summed E-state index contributed by atoms with van der Waals surface area (Å²) < 4.78 is 11.9. The van der Waals surface area contributed by atoms with Gasteiger partial charge in [-0.1, -0.05) is 6.07 Å². The zero-order chi connectivity index (χ0) is 23.5. The van der Waals surface area contributed by atoms with E-state index in [-0.39, 0.29) is 12.2 Å². The van der Waals surface area contributed by atoms with E-state index in [9.17, 15) is 9.59 Å². The number of benzene rings is 1. The summed E-state index contributed by atoms with van der Waals surface area (Å²) in [5.41, 5.74) is 0.651. The number of morpholine rings is 1. The van der Waals surface area contributed by atoms with Crippen LogP contribution in [0.3, 0.4) is 0 Å². The molecule has 6 nitrogen and oxygen atoms in total. The van der Waals surface area contributed by atoms with Crippen LogP contribution >= 0.6 is 15.9 Å². The predicted molar refractivity (Wildman–Crippen MR) is 130 cm³/mol. The maximum Gasteiger partial charge on any atom is 0.313 e. The van der Waals surface area contributed by atoms with Crippen molar-refractivity contribution in [1.82, 2.24) is 4.90 Å². The molecule has 2 heterocycles. The average Bonchev–Trinajstić information content (AvgIpc) is 2.73. The molecule has 0 amide bonds. The van der Waals surface area contributed by atoms with Crippen LogP contribution in [0.4, 0.5) is 5.69 Å². The Morgan fingerprint density at radius 3 is 2.28 bits per heavy atom. The molecule has 0 aromatic heterocycles. The predicted octanol–water partition coefficient (Wildman–Crippen LogP) is 4.33. The fourth-order valence-electron chi connectivity index (χ4n) is 4.45. The number of carbonyl (C=O) groups is 2. The standard InChI is InChI=1S/C25H37BrN2O4/c1-24(2,3)32-23(30)17-22(29)25(4,5)18-6-7-20(26)21(16-18)28-10-8-19(9-11-28)27-12-14-31-15-13-27/h6-7,16,19H,8-15,17H2,1-5H3. The van der Waals surface area contributed by atoms with E-state index >= 15 is 0 Å². The first kappa shape index (κ1) is 25.2. The van der Waals surface area contributed by atoms with Crippen molar-refractivity contribution in [2.75, 3.05) is 44.3 Å². The summed E-state index contributed by atoms with van der Waals surface area (Å²) in [4.78, 5) is 30.2. The van der Waals surface area contributed by atoms with E-state index in [1.165, 1.54) is 0 Å². The quantitative estimate of drug-likeness (QED) is 0.421. The van der Waals surface area contributed by atoms with E-state index in [0.717, 1.165) is 68.0 Å². The molecule has 178 valence electrons. The van der Waals surface area contributed by atoms with Crippen molar-refractivity contribution >= 4 is 33.4 Å². The molecule has 0 saturated carbocycles. The smallest absolute Gasteiger partial charge is 0.313 e. The second-order valence-electron chi connectivity index (χ2n) is 10.3. The number of anilines is 1. The number of nitrogens with zero attached hydrogens (tertiary/aromatic N) is 2. The van der Waals surface area contributed by atoms with Crippen molar-refractivity contribution in [3.05, 3.63) is 28.2 Å². The lowest BCUT2D eigenvalue weighted by atomic mass is 9.79. The van der Waals surface area contributed by atoms with Gasteiger partial charge in [-0.3, -0.25) is 14.5 Å². The molecule has 0 aliphatic carbocycles. The molecule has 2 aliphatic heterocycles. The van der Waals surface area contributed by atoms with Gasteiger partial charge < -0.3 is 14.4 Å². The number of carbonyl (C=O) groups excluding carboxylic acids is 2. The average molecular weight is 509 g/mol. The van der Waals surface area contributed by atoms with E-state index in [4.69, 9.17) is 9.47 Å². The number of esters is 1. The second kappa shape index (κ2) is 10.2. The summed E-state index contributed by atoms with van der Waals surface area (Å²) in [5.74, 6) is -0.607. The fraction of sp³-hybridized carbons (Fsp3) is 0.680. The molecule has 0 unspecified atom stereocenters. The Hall–Kier alpha value is -1.44. The molecule has 2 aliphatic rings. The maximum absolute atomic E-state index is 13.0. The number of Topliss-reactive ketones (excluding diaryl/α,β-unsaturated/α-hetero) is 1. The highest BCUT2D eigenvalue weighted by Gasteiger charge is 2.34. The Bertz CT molecular complexity index is 820. The van der Waals surface area contributed by atoms with Crippen LogP contribution < -0.4 is 4.90 Å². The summed E-state index contributed by atoms with van der Waals surface area (Å²) in [5, 5.41) is 0. The number of ether oxygens (including phenoxy) is 2. The van der Waals surface area contributed by atoms with E-state index in [0.29, 0.717) is 6.04 Å². The molecule has 0 bridgehead atoms. The summed E-state index contributed by atoms with van der Waals surface area (Å²) in [6.45, 7) is 14.9. The number of hydrogen-bond donors (Lipinski definition) is 0. The van der Waals surface area contributed by atoms with Gasteiger partial charge in [0, 0.05) is 42.1 Å². The van der Waals surface area contributed by atoms with Gasteiger partial charge >= 0.3 is 5.97 Å². The van der Waals surface area contributed by atoms with E-state index in [1.54, 1.807) is 0 Å². The highest BCUT2D eigenvalue weighted by molar-refractivity contribution is 9.10. The zero-order valence-electron chi connectivity index (χ0n) is 20.1. The number of rotatable bonds is 6. The van der Waals surface area contributed by atoms with Gasteiger partial charge in [0.25, 0.3) is 0 Å². The lowest BCUT2D eigenvalue weighted by Gasteiger charge is -2.41. The van der Waals surface area contributed by atoms with Crippen molar-refractivity contribution in [3.63, 3.8) is 0 Å². The fourth-order valence-corrected chi connectivity index (χ4v) is 4.95. The van der Waals surface area contributed by atoms with Gasteiger partial charge in [-0.15, -0.1) is 0 Å². The molecule has 1 aromatic rings. The summed E-state index contributed by atoms with van der Waals surface area (Å²) in [6.07, 6.45) is 2.02. The molecule has 7 heteroatoms. The molecule has 0 radical (unpaired) electrons. The van der Waals surface area contributed by atoms with Crippen molar-refractivity contribution in [2.45, 2.75) is 70.9 Å². The number of halogens is 1. The van der Waals surface area contributed by atoms with Gasteiger partial charge in [-0.05, 0) is 81.1 Å². The first-order valence-corrected chi connectivity index (χ1v) is 12.4. The van der Waals surface area contributed by atoms with Gasteiger partial charge in [0.15, 0.2) is 5.78 Å². The normalized spacial score (nSPS) is 19.1. The van der Waals surface area contributed by atoms with Crippen LogP contribution in [-0.4, -0.2) is 67.7 Å². The third kappa shape index (κ3) is 6.33. The lowest BCUT2D eigenvalue weighted by molar-refractivity contribution is -0.156. The number of piperidine rings is 1. The molecule has 1 aromatic carbocycles. The van der Waals surface area contributed by atoms with Gasteiger partial charge in [-0.25, -0.2) is 0 Å². The Morgan fingerprint density at radius 2 is 1.69 bits per heavy atom. The zero-order valence-corrected chi connectivity index (χ0v) is 21.7. The minimum Gasteiger partial charge on any atom is -0.460 e.